The number of hydrogen-bond donors (Lipinski definition) is 0. The van der Waals surface area contributed by atoms with E-state index in [0.29, 0.717) is 47.7 Å². The molecular formula is C24H30ClN7O4. The van der Waals surface area contributed by atoms with Gasteiger partial charge in [-0.1, -0.05) is 17.7 Å². The van der Waals surface area contributed by atoms with Gasteiger partial charge in [0.1, 0.15) is 12.2 Å². The van der Waals surface area contributed by atoms with Crippen LogP contribution in [0.4, 0.5) is 16.6 Å². The fourth-order valence-corrected chi connectivity index (χ4v) is 4.36. The largest absolute Gasteiger partial charge is 0.419 e. The quantitative estimate of drug-likeness (QED) is 0.440. The van der Waals surface area contributed by atoms with Crippen molar-refractivity contribution in [3.05, 3.63) is 40.4 Å². The Kier molecular flexibility index (Phi) is 7.60. The molecule has 4 rings (SSSR count). The third-order valence-corrected chi connectivity index (χ3v) is 6.71. The fraction of sp³-hybridized carbons (Fsp3) is 0.458. The number of urea groups is 1. The highest BCUT2D eigenvalue weighted by atomic mass is 35.5. The van der Waals surface area contributed by atoms with Crippen molar-refractivity contribution in [2.75, 3.05) is 51.1 Å². The number of methoxy groups -OCH3 is 1. The van der Waals surface area contributed by atoms with Crippen LogP contribution in [-0.2, 0) is 11.3 Å². The number of aldehydes is 1. The summed E-state index contributed by atoms with van der Waals surface area (Å²) < 4.78 is 13.1. The monoisotopic (exact) mass is 515 g/mol. The second-order valence-electron chi connectivity index (χ2n) is 8.95. The lowest BCUT2D eigenvalue weighted by molar-refractivity contribution is 0.0815. The van der Waals surface area contributed by atoms with Crippen LogP contribution in [0, 0.1) is 6.92 Å². The van der Waals surface area contributed by atoms with Crippen molar-refractivity contribution in [1.82, 2.24) is 24.6 Å². The number of anilines is 2. The van der Waals surface area contributed by atoms with E-state index in [1.54, 1.807) is 38.9 Å². The standard InChI is InChI=1S/C24H30ClN7O4/c1-15-6-7-16(12-18(15)25)22-28-27-20(36-22)13-32-19(14-33)21(30(4)24(34)29(2)3)26-23(32)31-10-8-17(35-5)9-11-31/h6-7,12,14,17H,8-11,13H2,1-5H3. The number of halogens is 1. The second kappa shape index (κ2) is 10.7. The summed E-state index contributed by atoms with van der Waals surface area (Å²) in [5.74, 6) is 1.43. The van der Waals surface area contributed by atoms with E-state index < -0.39 is 0 Å². The Hall–Kier alpha value is -3.44. The zero-order valence-electron chi connectivity index (χ0n) is 21.1. The van der Waals surface area contributed by atoms with Gasteiger partial charge in [-0.3, -0.25) is 14.3 Å². The third-order valence-electron chi connectivity index (χ3n) is 6.30. The van der Waals surface area contributed by atoms with E-state index in [1.807, 2.05) is 19.1 Å². The third kappa shape index (κ3) is 5.07. The van der Waals surface area contributed by atoms with Gasteiger partial charge in [-0.2, -0.15) is 4.98 Å². The average molecular weight is 516 g/mol. The molecule has 0 spiro atoms. The highest BCUT2D eigenvalue weighted by molar-refractivity contribution is 6.31. The molecule has 1 aliphatic heterocycles. The highest BCUT2D eigenvalue weighted by Gasteiger charge is 2.30. The summed E-state index contributed by atoms with van der Waals surface area (Å²) in [5, 5.41) is 8.96. The molecular weight excluding hydrogens is 486 g/mol. The van der Waals surface area contributed by atoms with Crippen molar-refractivity contribution in [3.8, 4) is 11.5 Å². The molecule has 12 heteroatoms. The van der Waals surface area contributed by atoms with Gasteiger partial charge >= 0.3 is 6.03 Å². The first-order chi connectivity index (χ1) is 17.2. The summed E-state index contributed by atoms with van der Waals surface area (Å²) in [6.45, 7) is 3.40. The molecule has 3 heterocycles. The number of benzene rings is 1. The Bertz CT molecular complexity index is 1250. The van der Waals surface area contributed by atoms with Crippen molar-refractivity contribution in [1.29, 1.82) is 0 Å². The summed E-state index contributed by atoms with van der Waals surface area (Å²) >= 11 is 6.26. The molecule has 36 heavy (non-hydrogen) atoms. The molecule has 0 radical (unpaired) electrons. The molecule has 0 bridgehead atoms. The molecule has 1 saturated heterocycles. The molecule has 0 atom stereocenters. The van der Waals surface area contributed by atoms with Gasteiger partial charge < -0.3 is 19.0 Å². The van der Waals surface area contributed by atoms with Gasteiger partial charge in [0.05, 0.1) is 6.10 Å². The maximum absolute atomic E-state index is 12.7. The van der Waals surface area contributed by atoms with E-state index in [2.05, 4.69) is 15.1 Å². The number of carbonyl (C=O) groups excluding carboxylic acids is 2. The number of imidazole rings is 1. The molecule has 192 valence electrons. The molecule has 2 aromatic heterocycles. The van der Waals surface area contributed by atoms with Crippen LogP contribution in [0.3, 0.4) is 0 Å². The van der Waals surface area contributed by atoms with Crippen LogP contribution in [0.25, 0.3) is 11.5 Å². The maximum Gasteiger partial charge on any atom is 0.324 e. The number of hydrogen-bond acceptors (Lipinski definition) is 8. The van der Waals surface area contributed by atoms with Crippen LogP contribution in [0.5, 0.6) is 0 Å². The van der Waals surface area contributed by atoms with Crippen molar-refractivity contribution in [2.45, 2.75) is 32.4 Å². The molecule has 0 N–H and O–H groups in total. The van der Waals surface area contributed by atoms with Gasteiger partial charge in [-0.15, -0.1) is 10.2 Å². The SMILES string of the molecule is COC1CCN(c2nc(N(C)C(=O)N(C)C)c(C=O)n2Cc2nnc(-c3ccc(C)c(Cl)c3)o2)CC1. The Balaban J connectivity index is 1.71. The highest BCUT2D eigenvalue weighted by Crippen LogP contribution is 2.30. The first-order valence-corrected chi connectivity index (χ1v) is 12.0. The number of carbonyl (C=O) groups is 2. The van der Waals surface area contributed by atoms with Gasteiger partial charge in [-0.25, -0.2) is 4.79 Å². The number of aryl methyl sites for hydroxylation is 1. The molecule has 11 nitrogen and oxygen atoms in total. The Morgan fingerprint density at radius 3 is 2.58 bits per heavy atom. The Morgan fingerprint density at radius 1 is 1.25 bits per heavy atom. The molecule has 0 unspecified atom stereocenters. The number of amides is 2. The lowest BCUT2D eigenvalue weighted by Crippen LogP contribution is -2.38. The smallest absolute Gasteiger partial charge is 0.324 e. The summed E-state index contributed by atoms with van der Waals surface area (Å²) in [6, 6.07) is 5.21. The van der Waals surface area contributed by atoms with Gasteiger partial charge in [-0.05, 0) is 37.5 Å². The first kappa shape index (κ1) is 25.6. The van der Waals surface area contributed by atoms with E-state index in [1.165, 1.54) is 9.80 Å². The number of nitrogens with zero attached hydrogens (tertiary/aromatic N) is 7. The lowest BCUT2D eigenvalue weighted by Gasteiger charge is -2.32. The zero-order chi connectivity index (χ0) is 26.0. The molecule has 2 amide bonds. The van der Waals surface area contributed by atoms with Crippen LogP contribution < -0.4 is 9.80 Å². The van der Waals surface area contributed by atoms with Crippen LogP contribution >= 0.6 is 11.6 Å². The van der Waals surface area contributed by atoms with Crippen molar-refractivity contribution in [3.63, 3.8) is 0 Å². The van der Waals surface area contributed by atoms with E-state index in [9.17, 15) is 9.59 Å². The number of ether oxygens (including phenoxy) is 1. The molecule has 1 fully saturated rings. The molecule has 1 aromatic carbocycles. The summed E-state index contributed by atoms with van der Waals surface area (Å²) in [4.78, 5) is 34.6. The van der Waals surface area contributed by atoms with Crippen LogP contribution in [0.15, 0.2) is 22.6 Å². The van der Waals surface area contributed by atoms with Gasteiger partial charge in [0, 0.05) is 51.9 Å². The number of piperidine rings is 1. The summed E-state index contributed by atoms with van der Waals surface area (Å²) in [5.41, 5.74) is 1.89. The molecule has 0 aliphatic carbocycles. The minimum absolute atomic E-state index is 0.108. The lowest BCUT2D eigenvalue weighted by atomic mass is 10.1. The number of rotatable bonds is 7. The van der Waals surface area contributed by atoms with E-state index in [-0.39, 0.29) is 30.2 Å². The van der Waals surface area contributed by atoms with E-state index in [0.717, 1.165) is 18.4 Å². The first-order valence-electron chi connectivity index (χ1n) is 11.6. The number of aromatic nitrogens is 4. The minimum Gasteiger partial charge on any atom is -0.419 e. The van der Waals surface area contributed by atoms with Crippen molar-refractivity contribution in [2.24, 2.45) is 0 Å². The van der Waals surface area contributed by atoms with E-state index >= 15 is 0 Å². The second-order valence-corrected chi connectivity index (χ2v) is 9.35. The fourth-order valence-electron chi connectivity index (χ4n) is 4.18. The summed E-state index contributed by atoms with van der Waals surface area (Å²) in [6.07, 6.45) is 2.51. The van der Waals surface area contributed by atoms with Crippen LogP contribution in [0.2, 0.25) is 5.02 Å². The van der Waals surface area contributed by atoms with Crippen LogP contribution in [0.1, 0.15) is 34.8 Å². The van der Waals surface area contributed by atoms with Crippen LogP contribution in [-0.4, -0.2) is 84.4 Å². The Morgan fingerprint density at radius 2 is 1.97 bits per heavy atom. The topological polar surface area (TPSA) is 110 Å². The average Bonchev–Trinajstić information content (AvgIpc) is 3.49. The minimum atomic E-state index is -0.302. The molecule has 3 aromatic rings. The van der Waals surface area contributed by atoms with Crippen molar-refractivity contribution >= 4 is 35.7 Å². The predicted molar refractivity (Wildman–Crippen MR) is 136 cm³/mol. The maximum atomic E-state index is 12.7. The van der Waals surface area contributed by atoms with E-state index in [4.69, 9.17) is 25.7 Å². The summed E-state index contributed by atoms with van der Waals surface area (Å²) in [7, 11) is 6.59. The zero-order valence-corrected chi connectivity index (χ0v) is 21.8. The van der Waals surface area contributed by atoms with Crippen molar-refractivity contribution < 1.29 is 18.7 Å². The Labute approximate surface area is 214 Å². The van der Waals surface area contributed by atoms with Gasteiger partial charge in [0.25, 0.3) is 0 Å². The molecule has 0 saturated carbocycles. The predicted octanol–water partition coefficient (Wildman–Crippen LogP) is 3.49. The molecule has 1 aliphatic rings. The normalized spacial score (nSPS) is 14.2. The van der Waals surface area contributed by atoms with Gasteiger partial charge in [0.2, 0.25) is 17.7 Å². The van der Waals surface area contributed by atoms with Gasteiger partial charge in [0.15, 0.2) is 12.1 Å².